The van der Waals surface area contributed by atoms with Crippen LogP contribution >= 0.6 is 0 Å². The Hall–Kier alpha value is -2.76. The molecule has 0 spiro atoms. The van der Waals surface area contributed by atoms with Crippen LogP contribution in [0.5, 0.6) is 5.75 Å². The monoisotopic (exact) mass is 423 g/mol. The lowest BCUT2D eigenvalue weighted by atomic mass is 9.98. The van der Waals surface area contributed by atoms with Gasteiger partial charge >= 0.3 is 0 Å². The summed E-state index contributed by atoms with van der Waals surface area (Å²) in [5.41, 5.74) is 1.45. The number of likely N-dealkylation sites (tertiary alicyclic amines) is 2. The highest BCUT2D eigenvalue weighted by Crippen LogP contribution is 2.22. The van der Waals surface area contributed by atoms with E-state index in [-0.39, 0.29) is 11.8 Å². The van der Waals surface area contributed by atoms with Crippen molar-refractivity contribution in [2.45, 2.75) is 32.6 Å². The van der Waals surface area contributed by atoms with E-state index in [9.17, 15) is 9.59 Å². The molecule has 2 saturated heterocycles. The van der Waals surface area contributed by atoms with E-state index in [1.165, 1.54) is 0 Å². The van der Waals surface area contributed by atoms with Gasteiger partial charge < -0.3 is 19.1 Å². The van der Waals surface area contributed by atoms with E-state index in [0.29, 0.717) is 25.0 Å². The normalized spacial score (nSPS) is 20.0. The second kappa shape index (κ2) is 9.58. The zero-order chi connectivity index (χ0) is 21.8. The van der Waals surface area contributed by atoms with Crippen LogP contribution in [0, 0.1) is 11.8 Å². The minimum atomic E-state index is 0.0900. The third-order valence-electron chi connectivity index (χ3n) is 6.63. The second-order valence-electron chi connectivity index (χ2n) is 9.07. The number of rotatable bonds is 5. The van der Waals surface area contributed by atoms with Crippen molar-refractivity contribution in [3.63, 3.8) is 0 Å². The number of hydrogen-bond donors (Lipinski definition) is 0. The fourth-order valence-electron chi connectivity index (χ4n) is 4.53. The Balaban J connectivity index is 1.28. The average molecular weight is 424 g/mol. The van der Waals surface area contributed by atoms with Crippen LogP contribution in [0.2, 0.25) is 0 Å². The molecule has 0 unspecified atom stereocenters. The number of hydrogen-bond acceptors (Lipinski definition) is 3. The van der Waals surface area contributed by atoms with Gasteiger partial charge in [-0.05, 0) is 68.0 Å². The molecule has 4 rings (SSSR count). The van der Waals surface area contributed by atoms with Crippen LogP contribution in [0.15, 0.2) is 42.6 Å². The first-order valence-electron chi connectivity index (χ1n) is 11.4. The third-order valence-corrected chi connectivity index (χ3v) is 6.63. The summed E-state index contributed by atoms with van der Waals surface area (Å²) < 4.78 is 7.88. The van der Waals surface area contributed by atoms with Gasteiger partial charge in [0.05, 0.1) is 6.61 Å². The van der Waals surface area contributed by atoms with Crippen molar-refractivity contribution in [3.8, 4) is 5.75 Å². The van der Waals surface area contributed by atoms with Gasteiger partial charge in [0.25, 0.3) is 11.8 Å². The van der Waals surface area contributed by atoms with E-state index in [0.717, 1.165) is 62.3 Å². The fourth-order valence-corrected chi connectivity index (χ4v) is 4.53. The van der Waals surface area contributed by atoms with Crippen LogP contribution in [0.4, 0.5) is 0 Å². The summed E-state index contributed by atoms with van der Waals surface area (Å²) in [6.07, 6.45) is 6.11. The smallest absolute Gasteiger partial charge is 0.270 e. The van der Waals surface area contributed by atoms with Crippen molar-refractivity contribution < 1.29 is 14.3 Å². The molecule has 6 heteroatoms. The highest BCUT2D eigenvalue weighted by molar-refractivity contribution is 5.94. The molecular weight excluding hydrogens is 390 g/mol. The summed E-state index contributed by atoms with van der Waals surface area (Å²) in [7, 11) is 1.90. The first kappa shape index (κ1) is 21.5. The molecule has 2 fully saturated rings. The number of piperidine rings is 2. The summed E-state index contributed by atoms with van der Waals surface area (Å²) in [4.78, 5) is 29.4. The number of carbonyl (C=O) groups excluding carboxylic acids is 2. The molecule has 2 aromatic rings. The minimum absolute atomic E-state index is 0.0900. The maximum atomic E-state index is 12.8. The van der Waals surface area contributed by atoms with Crippen molar-refractivity contribution in [3.05, 3.63) is 53.9 Å². The zero-order valence-corrected chi connectivity index (χ0v) is 18.6. The molecule has 0 radical (unpaired) electrons. The Morgan fingerprint density at radius 2 is 1.71 bits per heavy atom. The van der Waals surface area contributed by atoms with Gasteiger partial charge in [0.2, 0.25) is 0 Å². The first-order chi connectivity index (χ1) is 15.0. The Bertz CT molecular complexity index is 897. The van der Waals surface area contributed by atoms with Gasteiger partial charge in [-0.25, -0.2) is 0 Å². The molecule has 2 aliphatic rings. The molecule has 1 aromatic carbocycles. The maximum Gasteiger partial charge on any atom is 0.270 e. The minimum Gasteiger partial charge on any atom is -0.493 e. The highest BCUT2D eigenvalue weighted by atomic mass is 16.5. The summed E-state index contributed by atoms with van der Waals surface area (Å²) in [6.45, 7) is 6.03. The molecule has 6 nitrogen and oxygen atoms in total. The van der Waals surface area contributed by atoms with Crippen molar-refractivity contribution in [2.75, 3.05) is 32.8 Å². The van der Waals surface area contributed by atoms with E-state index in [1.807, 2.05) is 64.0 Å². The van der Waals surface area contributed by atoms with E-state index in [2.05, 4.69) is 6.92 Å². The Morgan fingerprint density at radius 3 is 2.39 bits per heavy atom. The predicted molar refractivity (Wildman–Crippen MR) is 120 cm³/mol. The van der Waals surface area contributed by atoms with Crippen LogP contribution in [0.3, 0.4) is 0 Å². The molecule has 0 N–H and O–H groups in total. The second-order valence-corrected chi connectivity index (χ2v) is 9.07. The summed E-state index contributed by atoms with van der Waals surface area (Å²) in [6, 6.07) is 11.3. The number of aryl methyl sites for hydroxylation is 1. The Labute approximate surface area is 184 Å². The van der Waals surface area contributed by atoms with E-state index < -0.39 is 0 Å². The van der Waals surface area contributed by atoms with Gasteiger partial charge in [0, 0.05) is 50.9 Å². The molecule has 2 aliphatic heterocycles. The lowest BCUT2D eigenvalue weighted by molar-refractivity contribution is 0.0623. The van der Waals surface area contributed by atoms with Crippen molar-refractivity contribution in [1.82, 2.24) is 14.4 Å². The molecule has 166 valence electrons. The fraction of sp³-hybridized carbons (Fsp3) is 0.520. The summed E-state index contributed by atoms with van der Waals surface area (Å²) in [5.74, 6) is 2.00. The van der Waals surface area contributed by atoms with E-state index in [4.69, 9.17) is 4.74 Å². The Kier molecular flexibility index (Phi) is 6.64. The molecule has 1 aromatic heterocycles. The van der Waals surface area contributed by atoms with Gasteiger partial charge in [-0.2, -0.15) is 0 Å². The summed E-state index contributed by atoms with van der Waals surface area (Å²) >= 11 is 0. The van der Waals surface area contributed by atoms with E-state index >= 15 is 0 Å². The molecule has 1 atom stereocenters. The topological polar surface area (TPSA) is 54.8 Å². The number of ether oxygens (including phenoxy) is 1. The van der Waals surface area contributed by atoms with Crippen LogP contribution < -0.4 is 4.74 Å². The van der Waals surface area contributed by atoms with Gasteiger partial charge in [-0.1, -0.05) is 6.92 Å². The lowest BCUT2D eigenvalue weighted by Gasteiger charge is -2.32. The molecule has 31 heavy (non-hydrogen) atoms. The SMILES string of the molecule is CC1CCN(C(=O)c2ccc(OC[C@H]3CCCN(C(=O)c4cccn4C)C3)cc2)CC1. The number of benzene rings is 1. The highest BCUT2D eigenvalue weighted by Gasteiger charge is 2.26. The van der Waals surface area contributed by atoms with Gasteiger partial charge in [-0.15, -0.1) is 0 Å². The van der Waals surface area contributed by atoms with E-state index in [1.54, 1.807) is 0 Å². The lowest BCUT2D eigenvalue weighted by Crippen LogP contribution is -2.42. The Morgan fingerprint density at radius 1 is 0.968 bits per heavy atom. The van der Waals surface area contributed by atoms with Crippen molar-refractivity contribution in [2.24, 2.45) is 18.9 Å². The molecule has 0 aliphatic carbocycles. The van der Waals surface area contributed by atoms with Gasteiger partial charge in [0.15, 0.2) is 0 Å². The van der Waals surface area contributed by atoms with Crippen LogP contribution in [0.1, 0.15) is 53.5 Å². The molecular formula is C25H33N3O3. The summed E-state index contributed by atoms with van der Waals surface area (Å²) in [5, 5.41) is 0. The predicted octanol–water partition coefficient (Wildman–Crippen LogP) is 3.83. The van der Waals surface area contributed by atoms with Crippen molar-refractivity contribution >= 4 is 11.8 Å². The molecule has 2 amide bonds. The average Bonchev–Trinajstić information content (AvgIpc) is 3.23. The third kappa shape index (κ3) is 5.12. The molecule has 3 heterocycles. The number of nitrogens with zero attached hydrogens (tertiary/aromatic N) is 3. The zero-order valence-electron chi connectivity index (χ0n) is 18.6. The number of carbonyl (C=O) groups is 2. The number of aromatic nitrogens is 1. The molecule has 0 saturated carbocycles. The van der Waals surface area contributed by atoms with Gasteiger partial charge in [-0.3, -0.25) is 9.59 Å². The largest absolute Gasteiger partial charge is 0.493 e. The molecule has 0 bridgehead atoms. The number of amides is 2. The van der Waals surface area contributed by atoms with Crippen LogP contribution in [0.25, 0.3) is 0 Å². The van der Waals surface area contributed by atoms with Crippen molar-refractivity contribution in [1.29, 1.82) is 0 Å². The maximum absolute atomic E-state index is 12.8. The van der Waals surface area contributed by atoms with Crippen LogP contribution in [-0.4, -0.2) is 59.0 Å². The van der Waals surface area contributed by atoms with Crippen LogP contribution in [-0.2, 0) is 7.05 Å². The first-order valence-corrected chi connectivity index (χ1v) is 11.4. The van der Waals surface area contributed by atoms with Gasteiger partial charge in [0.1, 0.15) is 11.4 Å². The standard InChI is InChI=1S/C25H33N3O3/c1-19-11-15-27(16-12-19)24(29)21-7-9-22(10-8-21)31-18-20-5-3-14-28(17-20)25(30)23-6-4-13-26(23)2/h4,6-10,13,19-20H,3,5,11-12,14-18H2,1-2H3/t20-/m0/s1. The quantitative estimate of drug-likeness (QED) is 0.735.